The summed E-state index contributed by atoms with van der Waals surface area (Å²) in [6.45, 7) is 0. The largest absolute Gasteiger partial charge is 0.391 e. The molecule has 2 unspecified atom stereocenters. The van der Waals surface area contributed by atoms with E-state index >= 15 is 0 Å². The number of rotatable bonds is 0. The molecule has 0 fully saturated rings. The Morgan fingerprint density at radius 3 is 3.00 bits per heavy atom. The molecule has 1 aromatic carbocycles. The highest BCUT2D eigenvalue weighted by Crippen LogP contribution is 2.28. The molecule has 0 aliphatic heterocycles. The van der Waals surface area contributed by atoms with Crippen LogP contribution in [0.4, 0.5) is 0 Å². The molecule has 0 heterocycles. The molecule has 2 nitrogen and oxygen atoms in total. The van der Waals surface area contributed by atoms with Crippen LogP contribution >= 0.6 is 0 Å². The molecule has 1 aliphatic carbocycles. The molecule has 0 amide bonds. The molecule has 0 saturated heterocycles. The van der Waals surface area contributed by atoms with Crippen LogP contribution in [0.5, 0.6) is 0 Å². The van der Waals surface area contributed by atoms with Gasteiger partial charge in [0, 0.05) is 6.42 Å². The first-order valence-electron chi connectivity index (χ1n) is 4.00. The molecule has 3 heteroatoms. The zero-order valence-electron chi connectivity index (χ0n) is 6.70. The normalized spacial score (nSPS) is 27.2. The van der Waals surface area contributed by atoms with Crippen LogP contribution in [-0.2, 0) is 6.42 Å². The predicted molar refractivity (Wildman–Crippen MR) is 48.5 cm³/mol. The van der Waals surface area contributed by atoms with Gasteiger partial charge < -0.3 is 10.8 Å². The van der Waals surface area contributed by atoms with E-state index in [1.54, 1.807) is 0 Å². The highest BCUT2D eigenvalue weighted by Gasteiger charge is 2.27. The Morgan fingerprint density at radius 1 is 1.50 bits per heavy atom. The van der Waals surface area contributed by atoms with Gasteiger partial charge in [-0.3, -0.25) is 0 Å². The molecule has 0 aromatic heterocycles. The number of fused-ring (bicyclic) bond motifs is 1. The third kappa shape index (κ3) is 1.06. The highest BCUT2D eigenvalue weighted by molar-refractivity contribution is 6.32. The fourth-order valence-electron chi connectivity index (χ4n) is 1.69. The minimum Gasteiger partial charge on any atom is -0.391 e. The maximum atomic E-state index is 9.44. The maximum absolute atomic E-state index is 9.44. The summed E-state index contributed by atoms with van der Waals surface area (Å²) in [5, 5.41) is 9.44. The maximum Gasteiger partial charge on any atom is 0.113 e. The fourth-order valence-corrected chi connectivity index (χ4v) is 1.69. The first-order valence-corrected chi connectivity index (χ1v) is 4.00. The van der Waals surface area contributed by atoms with Crippen LogP contribution < -0.4 is 11.2 Å². The van der Waals surface area contributed by atoms with E-state index in [2.05, 4.69) is 0 Å². The Balaban J connectivity index is 2.47. The van der Waals surface area contributed by atoms with Crippen LogP contribution in [0.3, 0.4) is 0 Å². The number of aliphatic hydroxyl groups is 1. The lowest BCUT2D eigenvalue weighted by atomic mass is 9.92. The van der Waals surface area contributed by atoms with Crippen molar-refractivity contribution >= 4 is 13.3 Å². The topological polar surface area (TPSA) is 46.2 Å². The summed E-state index contributed by atoms with van der Waals surface area (Å²) in [5.41, 5.74) is 8.58. The van der Waals surface area contributed by atoms with E-state index in [0.29, 0.717) is 6.42 Å². The molecule has 1 aliphatic rings. The second-order valence-electron chi connectivity index (χ2n) is 3.26. The van der Waals surface area contributed by atoms with Crippen molar-refractivity contribution < 1.29 is 5.11 Å². The van der Waals surface area contributed by atoms with Gasteiger partial charge in [-0.1, -0.05) is 23.7 Å². The minimum atomic E-state index is -0.443. The van der Waals surface area contributed by atoms with Crippen LogP contribution in [0.25, 0.3) is 0 Å². The fraction of sp³-hybridized carbons (Fsp3) is 0.333. The first-order chi connectivity index (χ1) is 5.68. The van der Waals surface area contributed by atoms with Gasteiger partial charge in [-0.25, -0.2) is 0 Å². The van der Waals surface area contributed by atoms with Crippen LogP contribution in [0, 0.1) is 0 Å². The van der Waals surface area contributed by atoms with Crippen LogP contribution in [0.15, 0.2) is 18.2 Å². The summed E-state index contributed by atoms with van der Waals surface area (Å²) in [4.78, 5) is 0. The Kier molecular flexibility index (Phi) is 1.70. The summed E-state index contributed by atoms with van der Waals surface area (Å²) in [5.74, 6) is 0. The number of hydrogen-bond donors (Lipinski definition) is 2. The highest BCUT2D eigenvalue weighted by atomic mass is 16.3. The molecule has 2 radical (unpaired) electrons. The molecular formula is C9H10BNO. The van der Waals surface area contributed by atoms with Gasteiger partial charge >= 0.3 is 0 Å². The van der Waals surface area contributed by atoms with Gasteiger partial charge in [-0.05, 0) is 11.1 Å². The molecule has 1 aromatic rings. The molecular weight excluding hydrogens is 149 g/mol. The van der Waals surface area contributed by atoms with E-state index in [1.165, 1.54) is 0 Å². The van der Waals surface area contributed by atoms with Crippen molar-refractivity contribution in [3.8, 4) is 0 Å². The molecule has 3 N–H and O–H groups in total. The summed E-state index contributed by atoms with van der Waals surface area (Å²) < 4.78 is 0. The quantitative estimate of drug-likeness (QED) is 0.496. The van der Waals surface area contributed by atoms with Crippen molar-refractivity contribution in [2.45, 2.75) is 18.6 Å². The van der Waals surface area contributed by atoms with Crippen LogP contribution in [0.1, 0.15) is 17.2 Å². The lowest BCUT2D eigenvalue weighted by Gasteiger charge is -2.08. The van der Waals surface area contributed by atoms with Gasteiger partial charge in [0.05, 0.1) is 12.1 Å². The first kappa shape index (κ1) is 7.83. The third-order valence-corrected chi connectivity index (χ3v) is 2.37. The SMILES string of the molecule is [B]c1ccc2c(c1)CC(O)C2N. The van der Waals surface area contributed by atoms with Crippen molar-refractivity contribution in [2.75, 3.05) is 0 Å². The molecule has 12 heavy (non-hydrogen) atoms. The van der Waals surface area contributed by atoms with Crippen molar-refractivity contribution in [1.29, 1.82) is 0 Å². The Morgan fingerprint density at radius 2 is 2.25 bits per heavy atom. The molecule has 2 atom stereocenters. The van der Waals surface area contributed by atoms with Crippen molar-refractivity contribution in [3.63, 3.8) is 0 Å². The number of benzene rings is 1. The lowest BCUT2D eigenvalue weighted by Crippen LogP contribution is -2.21. The molecule has 60 valence electrons. The number of aliphatic hydroxyl groups excluding tert-OH is 1. The third-order valence-electron chi connectivity index (χ3n) is 2.37. The Hall–Kier alpha value is -0.795. The standard InChI is InChI=1S/C9H10BNO/c10-6-1-2-7-5(3-6)4-8(12)9(7)11/h1-3,8-9,12H,4,11H2. The summed E-state index contributed by atoms with van der Waals surface area (Å²) >= 11 is 0. The smallest absolute Gasteiger partial charge is 0.113 e. The van der Waals surface area contributed by atoms with Gasteiger partial charge in [0.2, 0.25) is 0 Å². The van der Waals surface area contributed by atoms with Crippen LogP contribution in [0.2, 0.25) is 0 Å². The van der Waals surface area contributed by atoms with E-state index in [-0.39, 0.29) is 6.04 Å². The second-order valence-corrected chi connectivity index (χ2v) is 3.26. The van der Waals surface area contributed by atoms with E-state index in [0.717, 1.165) is 16.6 Å². The average molecular weight is 159 g/mol. The van der Waals surface area contributed by atoms with Crippen molar-refractivity contribution in [3.05, 3.63) is 29.3 Å². The molecule has 2 rings (SSSR count). The lowest BCUT2D eigenvalue weighted by molar-refractivity contribution is 0.158. The van der Waals surface area contributed by atoms with E-state index in [1.807, 2.05) is 18.2 Å². The summed E-state index contributed by atoms with van der Waals surface area (Å²) in [7, 11) is 5.60. The second kappa shape index (κ2) is 2.61. The molecule has 0 spiro atoms. The van der Waals surface area contributed by atoms with Gasteiger partial charge in [0.25, 0.3) is 0 Å². The summed E-state index contributed by atoms with van der Waals surface area (Å²) in [6.07, 6.45) is 0.184. The zero-order valence-corrected chi connectivity index (χ0v) is 6.70. The predicted octanol–water partition coefficient (Wildman–Crippen LogP) is -0.603. The van der Waals surface area contributed by atoms with Gasteiger partial charge in [0.15, 0.2) is 0 Å². The van der Waals surface area contributed by atoms with Gasteiger partial charge in [0.1, 0.15) is 7.85 Å². The van der Waals surface area contributed by atoms with Crippen molar-refractivity contribution in [2.24, 2.45) is 5.73 Å². The zero-order chi connectivity index (χ0) is 8.72. The number of nitrogens with two attached hydrogens (primary N) is 1. The van der Waals surface area contributed by atoms with Gasteiger partial charge in [-0.2, -0.15) is 0 Å². The van der Waals surface area contributed by atoms with E-state index in [4.69, 9.17) is 13.6 Å². The Bertz CT molecular complexity index is 313. The monoisotopic (exact) mass is 159 g/mol. The Labute approximate surface area is 72.8 Å². The van der Waals surface area contributed by atoms with Crippen LogP contribution in [-0.4, -0.2) is 19.1 Å². The molecule has 0 saturated carbocycles. The van der Waals surface area contributed by atoms with E-state index < -0.39 is 6.10 Å². The van der Waals surface area contributed by atoms with Gasteiger partial charge in [-0.15, -0.1) is 0 Å². The summed E-state index contributed by atoms with van der Waals surface area (Å²) in [6, 6.07) is 5.36. The molecule has 0 bridgehead atoms. The minimum absolute atomic E-state index is 0.236. The number of hydrogen-bond acceptors (Lipinski definition) is 2. The average Bonchev–Trinajstić information content (AvgIpc) is 2.28. The van der Waals surface area contributed by atoms with Crippen molar-refractivity contribution in [1.82, 2.24) is 0 Å². The van der Waals surface area contributed by atoms with E-state index in [9.17, 15) is 5.11 Å².